The first-order valence-electron chi connectivity index (χ1n) is 4.59. The summed E-state index contributed by atoms with van der Waals surface area (Å²) < 4.78 is 5.17. The molecular formula is C10H18N2O. The van der Waals surface area contributed by atoms with Crippen molar-refractivity contribution in [3.63, 3.8) is 0 Å². The minimum absolute atomic E-state index is 0.0440. The van der Waals surface area contributed by atoms with Crippen LogP contribution in [0, 0.1) is 5.41 Å². The van der Waals surface area contributed by atoms with Gasteiger partial charge in [-0.15, -0.1) is 0 Å². The van der Waals surface area contributed by atoms with Gasteiger partial charge in [-0.2, -0.15) is 0 Å². The Morgan fingerprint density at radius 1 is 1.54 bits per heavy atom. The zero-order valence-electron chi connectivity index (χ0n) is 8.79. The maximum absolute atomic E-state index is 5.67. The van der Waals surface area contributed by atoms with Crippen molar-refractivity contribution in [3.8, 4) is 0 Å². The van der Waals surface area contributed by atoms with Crippen LogP contribution in [-0.2, 0) is 6.42 Å². The van der Waals surface area contributed by atoms with Crippen molar-refractivity contribution < 1.29 is 4.52 Å². The van der Waals surface area contributed by atoms with Crippen molar-refractivity contribution in [3.05, 3.63) is 17.5 Å². The van der Waals surface area contributed by atoms with E-state index in [2.05, 4.69) is 25.9 Å². The molecule has 0 aliphatic carbocycles. The van der Waals surface area contributed by atoms with E-state index in [-0.39, 0.29) is 11.5 Å². The second kappa shape index (κ2) is 3.50. The van der Waals surface area contributed by atoms with E-state index in [0.717, 1.165) is 17.9 Å². The molecule has 0 aliphatic heterocycles. The molecular weight excluding hydrogens is 164 g/mol. The van der Waals surface area contributed by atoms with Crippen LogP contribution in [0.15, 0.2) is 10.6 Å². The second-order valence-corrected chi connectivity index (χ2v) is 4.74. The Kier molecular flexibility index (Phi) is 2.76. The van der Waals surface area contributed by atoms with Gasteiger partial charge in [-0.1, -0.05) is 25.9 Å². The molecule has 1 atom stereocenters. The van der Waals surface area contributed by atoms with Crippen molar-refractivity contribution in [2.75, 3.05) is 0 Å². The summed E-state index contributed by atoms with van der Waals surface area (Å²) in [6, 6.07) is 1.90. The van der Waals surface area contributed by atoms with E-state index in [1.165, 1.54) is 0 Å². The number of hydrogen-bond donors (Lipinski definition) is 1. The van der Waals surface area contributed by atoms with Gasteiger partial charge in [0.1, 0.15) is 11.5 Å². The standard InChI is InChI=1S/C10H18N2O/c1-7(11)9-5-8(13-12-9)6-10(2,3)4/h5,7H,6,11H2,1-4H3. The fourth-order valence-electron chi connectivity index (χ4n) is 1.15. The van der Waals surface area contributed by atoms with Gasteiger partial charge in [0.05, 0.1) is 0 Å². The van der Waals surface area contributed by atoms with E-state index >= 15 is 0 Å². The molecule has 1 aromatic heterocycles. The van der Waals surface area contributed by atoms with Crippen molar-refractivity contribution in [1.82, 2.24) is 5.16 Å². The van der Waals surface area contributed by atoms with Gasteiger partial charge in [0, 0.05) is 18.5 Å². The number of rotatable bonds is 2. The summed E-state index contributed by atoms with van der Waals surface area (Å²) in [7, 11) is 0. The first-order valence-corrected chi connectivity index (χ1v) is 4.59. The van der Waals surface area contributed by atoms with Gasteiger partial charge < -0.3 is 10.3 Å². The summed E-state index contributed by atoms with van der Waals surface area (Å²) in [6.07, 6.45) is 0.896. The van der Waals surface area contributed by atoms with Crippen molar-refractivity contribution in [2.45, 2.75) is 40.2 Å². The second-order valence-electron chi connectivity index (χ2n) is 4.74. The number of hydrogen-bond acceptors (Lipinski definition) is 3. The number of nitrogens with two attached hydrogens (primary N) is 1. The van der Waals surface area contributed by atoms with Gasteiger partial charge in [0.2, 0.25) is 0 Å². The minimum atomic E-state index is -0.0440. The molecule has 1 aromatic rings. The lowest BCUT2D eigenvalue weighted by Gasteiger charge is -2.14. The van der Waals surface area contributed by atoms with Gasteiger partial charge in [-0.3, -0.25) is 0 Å². The highest BCUT2D eigenvalue weighted by atomic mass is 16.5. The van der Waals surface area contributed by atoms with Crippen LogP contribution >= 0.6 is 0 Å². The Hall–Kier alpha value is -0.830. The van der Waals surface area contributed by atoms with E-state index in [1.807, 2.05) is 13.0 Å². The van der Waals surface area contributed by atoms with Gasteiger partial charge >= 0.3 is 0 Å². The normalized spacial score (nSPS) is 14.5. The Morgan fingerprint density at radius 2 is 2.15 bits per heavy atom. The fraction of sp³-hybridized carbons (Fsp3) is 0.700. The summed E-state index contributed by atoms with van der Waals surface area (Å²) >= 11 is 0. The zero-order chi connectivity index (χ0) is 10.1. The molecule has 13 heavy (non-hydrogen) atoms. The first kappa shape index (κ1) is 10.3. The molecule has 2 N–H and O–H groups in total. The predicted molar refractivity (Wildman–Crippen MR) is 52.3 cm³/mol. The van der Waals surface area contributed by atoms with Gasteiger partial charge in [-0.05, 0) is 12.3 Å². The van der Waals surface area contributed by atoms with Crippen molar-refractivity contribution in [1.29, 1.82) is 0 Å². The van der Waals surface area contributed by atoms with E-state index < -0.39 is 0 Å². The molecule has 1 unspecified atom stereocenters. The van der Waals surface area contributed by atoms with Crippen molar-refractivity contribution >= 4 is 0 Å². The van der Waals surface area contributed by atoms with Crippen LogP contribution in [0.25, 0.3) is 0 Å². The van der Waals surface area contributed by atoms with Gasteiger partial charge in [0.15, 0.2) is 0 Å². The monoisotopic (exact) mass is 182 g/mol. The number of nitrogens with zero attached hydrogens (tertiary/aromatic N) is 1. The Balaban J connectivity index is 2.70. The van der Waals surface area contributed by atoms with Gasteiger partial charge in [-0.25, -0.2) is 0 Å². The highest BCUT2D eigenvalue weighted by Crippen LogP contribution is 2.21. The van der Waals surface area contributed by atoms with Crippen LogP contribution in [0.4, 0.5) is 0 Å². The molecule has 1 rings (SSSR count). The summed E-state index contributed by atoms with van der Waals surface area (Å²) in [5, 5.41) is 3.90. The third kappa shape index (κ3) is 3.19. The smallest absolute Gasteiger partial charge is 0.137 e. The molecule has 0 bridgehead atoms. The Morgan fingerprint density at radius 3 is 2.54 bits per heavy atom. The minimum Gasteiger partial charge on any atom is -0.361 e. The highest BCUT2D eigenvalue weighted by Gasteiger charge is 2.15. The summed E-state index contributed by atoms with van der Waals surface area (Å²) in [5.74, 6) is 0.916. The summed E-state index contributed by atoms with van der Waals surface area (Å²) in [4.78, 5) is 0. The van der Waals surface area contributed by atoms with Crippen LogP contribution in [0.5, 0.6) is 0 Å². The van der Waals surface area contributed by atoms with E-state index in [0.29, 0.717) is 0 Å². The van der Waals surface area contributed by atoms with Gasteiger partial charge in [0.25, 0.3) is 0 Å². The lowest BCUT2D eigenvalue weighted by molar-refractivity contribution is 0.317. The molecule has 0 amide bonds. The lowest BCUT2D eigenvalue weighted by atomic mass is 9.91. The topological polar surface area (TPSA) is 52.0 Å². The number of aromatic nitrogens is 1. The third-order valence-electron chi connectivity index (χ3n) is 1.75. The lowest BCUT2D eigenvalue weighted by Crippen LogP contribution is -2.08. The van der Waals surface area contributed by atoms with E-state index in [4.69, 9.17) is 10.3 Å². The van der Waals surface area contributed by atoms with Crippen LogP contribution < -0.4 is 5.73 Å². The molecule has 3 heteroatoms. The molecule has 1 heterocycles. The molecule has 0 spiro atoms. The van der Waals surface area contributed by atoms with Crippen LogP contribution in [0.2, 0.25) is 0 Å². The first-order chi connectivity index (χ1) is 5.88. The Labute approximate surface area is 79.3 Å². The maximum Gasteiger partial charge on any atom is 0.137 e. The molecule has 74 valence electrons. The SMILES string of the molecule is CC(N)c1cc(CC(C)(C)C)on1. The summed E-state index contributed by atoms with van der Waals surface area (Å²) in [6.45, 7) is 8.40. The Bertz CT molecular complexity index is 271. The zero-order valence-corrected chi connectivity index (χ0v) is 8.79. The summed E-state index contributed by atoms with van der Waals surface area (Å²) in [5.41, 5.74) is 6.73. The highest BCUT2D eigenvalue weighted by molar-refractivity contribution is 5.09. The third-order valence-corrected chi connectivity index (χ3v) is 1.75. The molecule has 0 aromatic carbocycles. The molecule has 0 fully saturated rings. The quantitative estimate of drug-likeness (QED) is 0.763. The molecule has 0 saturated heterocycles. The molecule has 3 nitrogen and oxygen atoms in total. The van der Waals surface area contributed by atoms with E-state index in [9.17, 15) is 0 Å². The average Bonchev–Trinajstić information content (AvgIpc) is 2.31. The van der Waals surface area contributed by atoms with Crippen LogP contribution in [0.1, 0.15) is 45.2 Å². The molecule has 0 saturated carbocycles. The predicted octanol–water partition coefficient (Wildman–Crippen LogP) is 2.28. The van der Waals surface area contributed by atoms with Crippen LogP contribution in [-0.4, -0.2) is 5.16 Å². The average molecular weight is 182 g/mol. The maximum atomic E-state index is 5.67. The molecule has 0 aliphatic rings. The van der Waals surface area contributed by atoms with Crippen molar-refractivity contribution in [2.24, 2.45) is 11.1 Å². The van der Waals surface area contributed by atoms with Crippen LogP contribution in [0.3, 0.4) is 0 Å². The largest absolute Gasteiger partial charge is 0.361 e. The molecule has 0 radical (unpaired) electrons. The van der Waals surface area contributed by atoms with E-state index in [1.54, 1.807) is 0 Å². The fourth-order valence-corrected chi connectivity index (χ4v) is 1.15.